The lowest BCUT2D eigenvalue weighted by Gasteiger charge is -2.26. The van der Waals surface area contributed by atoms with Crippen LogP contribution in [0.4, 0.5) is 5.69 Å². The van der Waals surface area contributed by atoms with Crippen LogP contribution >= 0.6 is 0 Å². The average molecular weight is 463 g/mol. The molecule has 0 atom stereocenters. The van der Waals surface area contributed by atoms with Gasteiger partial charge < -0.3 is 24.3 Å². The highest BCUT2D eigenvalue weighted by molar-refractivity contribution is 7.89. The molecule has 0 bridgehead atoms. The number of ether oxygens (including phenoxy) is 4. The van der Waals surface area contributed by atoms with Crippen LogP contribution in [-0.4, -0.2) is 66.3 Å². The van der Waals surface area contributed by atoms with Gasteiger partial charge in [-0.15, -0.1) is 0 Å². The Kier molecular flexibility index (Phi) is 7.73. The van der Waals surface area contributed by atoms with Gasteiger partial charge in [-0.25, -0.2) is 8.42 Å². The molecule has 1 heterocycles. The molecule has 32 heavy (non-hydrogen) atoms. The Labute approximate surface area is 187 Å². The predicted octanol–water partition coefficient (Wildman–Crippen LogP) is 2.39. The van der Waals surface area contributed by atoms with Crippen LogP contribution < -0.4 is 19.5 Å². The van der Waals surface area contributed by atoms with E-state index in [1.165, 1.54) is 43.8 Å². The van der Waals surface area contributed by atoms with Crippen LogP contribution in [0, 0.1) is 0 Å². The highest BCUT2D eigenvalue weighted by Gasteiger charge is 2.26. The topological polar surface area (TPSA) is 103 Å². The number of nitrogens with zero attached hydrogens (tertiary/aromatic N) is 1. The summed E-state index contributed by atoms with van der Waals surface area (Å²) < 4.78 is 48.1. The van der Waals surface area contributed by atoms with E-state index in [0.717, 1.165) is 0 Å². The largest absolute Gasteiger partial charge is 0.493 e. The lowest BCUT2D eigenvalue weighted by Crippen LogP contribution is -2.40. The SMILES string of the molecule is COc1cc(/C=C/C(=O)Nc2cccc(S(=O)(=O)N3CCOCC3)c2)cc(OC)c1OC. The molecule has 2 aromatic rings. The van der Waals surface area contributed by atoms with Crippen LogP contribution in [0.5, 0.6) is 17.2 Å². The molecule has 1 aliphatic heterocycles. The minimum absolute atomic E-state index is 0.116. The fraction of sp³-hybridized carbons (Fsp3) is 0.318. The Morgan fingerprint density at radius 1 is 1.03 bits per heavy atom. The maximum Gasteiger partial charge on any atom is 0.248 e. The second-order valence-corrected chi connectivity index (χ2v) is 8.76. The standard InChI is InChI=1S/C22H26N2O7S/c1-28-19-13-16(14-20(29-2)22(19)30-3)7-8-21(25)23-17-5-4-6-18(15-17)32(26,27)24-9-11-31-12-10-24/h4-8,13-15H,9-12H2,1-3H3,(H,23,25)/b8-7+. The van der Waals surface area contributed by atoms with E-state index in [-0.39, 0.29) is 4.90 Å². The molecule has 2 aromatic carbocycles. The molecule has 1 fully saturated rings. The first-order chi connectivity index (χ1) is 15.4. The van der Waals surface area contributed by atoms with Crippen molar-refractivity contribution >= 4 is 27.7 Å². The van der Waals surface area contributed by atoms with Crippen molar-refractivity contribution in [3.8, 4) is 17.2 Å². The molecule has 1 amide bonds. The van der Waals surface area contributed by atoms with Crippen LogP contribution in [0.25, 0.3) is 6.08 Å². The quantitative estimate of drug-likeness (QED) is 0.601. The average Bonchev–Trinajstić information content (AvgIpc) is 2.82. The molecule has 0 aliphatic carbocycles. The second kappa shape index (κ2) is 10.5. The van der Waals surface area contributed by atoms with Crippen molar-refractivity contribution in [1.82, 2.24) is 4.31 Å². The van der Waals surface area contributed by atoms with Crippen molar-refractivity contribution in [3.63, 3.8) is 0 Å². The number of rotatable bonds is 8. The molecule has 172 valence electrons. The van der Waals surface area contributed by atoms with Gasteiger partial charge in [-0.1, -0.05) is 6.07 Å². The molecule has 3 rings (SSSR count). The minimum atomic E-state index is -3.65. The van der Waals surface area contributed by atoms with Gasteiger partial charge >= 0.3 is 0 Å². The predicted molar refractivity (Wildman–Crippen MR) is 120 cm³/mol. The van der Waals surface area contributed by atoms with Crippen molar-refractivity contribution < 1.29 is 32.2 Å². The minimum Gasteiger partial charge on any atom is -0.493 e. The Morgan fingerprint density at radius 3 is 2.28 bits per heavy atom. The first-order valence-electron chi connectivity index (χ1n) is 9.86. The zero-order valence-corrected chi connectivity index (χ0v) is 19.0. The number of benzene rings is 2. The lowest BCUT2D eigenvalue weighted by molar-refractivity contribution is -0.111. The maximum absolute atomic E-state index is 12.8. The molecule has 0 radical (unpaired) electrons. The third-order valence-corrected chi connectivity index (χ3v) is 6.72. The van der Waals surface area contributed by atoms with Crippen molar-refractivity contribution in [2.24, 2.45) is 0 Å². The van der Waals surface area contributed by atoms with E-state index in [1.807, 2.05) is 0 Å². The van der Waals surface area contributed by atoms with Gasteiger partial charge in [0.25, 0.3) is 0 Å². The van der Waals surface area contributed by atoms with Gasteiger partial charge in [-0.3, -0.25) is 4.79 Å². The summed E-state index contributed by atoms with van der Waals surface area (Å²) in [6, 6.07) is 9.58. The molecule has 0 saturated carbocycles. The number of hydrogen-bond acceptors (Lipinski definition) is 7. The van der Waals surface area contributed by atoms with Gasteiger partial charge in [-0.2, -0.15) is 4.31 Å². The second-order valence-electron chi connectivity index (χ2n) is 6.83. The summed E-state index contributed by atoms with van der Waals surface area (Å²) in [4.78, 5) is 12.5. The first-order valence-corrected chi connectivity index (χ1v) is 11.3. The number of hydrogen-bond donors (Lipinski definition) is 1. The van der Waals surface area contributed by atoms with Crippen LogP contribution in [0.3, 0.4) is 0 Å². The van der Waals surface area contributed by atoms with Crippen LogP contribution in [-0.2, 0) is 19.6 Å². The monoisotopic (exact) mass is 462 g/mol. The van der Waals surface area contributed by atoms with Crippen molar-refractivity contribution in [1.29, 1.82) is 0 Å². The van der Waals surface area contributed by atoms with Crippen molar-refractivity contribution in [3.05, 3.63) is 48.0 Å². The van der Waals surface area contributed by atoms with Gasteiger partial charge in [0, 0.05) is 24.9 Å². The Hall–Kier alpha value is -3.08. The number of morpholine rings is 1. The number of sulfonamides is 1. The first kappa shape index (κ1) is 23.6. The highest BCUT2D eigenvalue weighted by atomic mass is 32.2. The van der Waals surface area contributed by atoms with E-state index in [4.69, 9.17) is 18.9 Å². The summed E-state index contributed by atoms with van der Waals surface area (Å²) in [5.74, 6) is 0.968. The molecule has 1 aliphatic rings. The molecule has 1 N–H and O–H groups in total. The van der Waals surface area contributed by atoms with Gasteiger partial charge in [0.2, 0.25) is 21.7 Å². The fourth-order valence-electron chi connectivity index (χ4n) is 3.22. The van der Waals surface area contributed by atoms with Gasteiger partial charge in [0.15, 0.2) is 11.5 Å². The van der Waals surface area contributed by atoms with Crippen molar-refractivity contribution in [2.45, 2.75) is 4.90 Å². The van der Waals surface area contributed by atoms with Gasteiger partial charge in [0.05, 0.1) is 39.4 Å². The fourth-order valence-corrected chi connectivity index (χ4v) is 4.68. The Morgan fingerprint density at radius 2 is 1.69 bits per heavy atom. The van der Waals surface area contributed by atoms with Crippen LogP contribution in [0.15, 0.2) is 47.4 Å². The van der Waals surface area contributed by atoms with Gasteiger partial charge in [-0.05, 0) is 42.0 Å². The van der Waals surface area contributed by atoms with Gasteiger partial charge in [0.1, 0.15) is 0 Å². The van der Waals surface area contributed by atoms with Crippen LogP contribution in [0.1, 0.15) is 5.56 Å². The number of carbonyl (C=O) groups is 1. The molecule has 0 unspecified atom stereocenters. The van der Waals surface area contributed by atoms with E-state index in [0.29, 0.717) is 54.8 Å². The van der Waals surface area contributed by atoms with Crippen LogP contribution in [0.2, 0.25) is 0 Å². The smallest absolute Gasteiger partial charge is 0.248 e. The molecule has 0 aromatic heterocycles. The number of methoxy groups -OCH3 is 3. The van der Waals surface area contributed by atoms with E-state index in [9.17, 15) is 13.2 Å². The number of nitrogens with one attached hydrogen (secondary N) is 1. The molecule has 1 saturated heterocycles. The number of anilines is 1. The third-order valence-electron chi connectivity index (χ3n) is 4.82. The summed E-state index contributed by atoms with van der Waals surface area (Å²) in [5.41, 5.74) is 1.04. The number of carbonyl (C=O) groups excluding carboxylic acids is 1. The Balaban J connectivity index is 1.74. The van der Waals surface area contributed by atoms with Crippen molar-refractivity contribution in [2.75, 3.05) is 52.9 Å². The molecule has 10 heteroatoms. The summed E-state index contributed by atoms with van der Waals surface area (Å²) >= 11 is 0. The summed E-state index contributed by atoms with van der Waals surface area (Å²) in [5, 5.41) is 2.69. The molecule has 9 nitrogen and oxygen atoms in total. The molecular formula is C22H26N2O7S. The molecule has 0 spiro atoms. The highest BCUT2D eigenvalue weighted by Crippen LogP contribution is 2.38. The van der Waals surface area contributed by atoms with E-state index in [1.54, 1.807) is 30.3 Å². The summed E-state index contributed by atoms with van der Waals surface area (Å²) in [6.45, 7) is 1.33. The lowest BCUT2D eigenvalue weighted by atomic mass is 10.1. The summed E-state index contributed by atoms with van der Waals surface area (Å²) in [6.07, 6.45) is 2.93. The Bertz CT molecular complexity index is 1070. The zero-order chi connectivity index (χ0) is 23.1. The number of amides is 1. The zero-order valence-electron chi connectivity index (χ0n) is 18.2. The maximum atomic E-state index is 12.8. The molecular weight excluding hydrogens is 436 g/mol. The van der Waals surface area contributed by atoms with E-state index >= 15 is 0 Å². The normalized spacial score (nSPS) is 14.8. The summed E-state index contributed by atoms with van der Waals surface area (Å²) in [7, 11) is 0.876. The van der Waals surface area contributed by atoms with E-state index in [2.05, 4.69) is 5.32 Å². The van der Waals surface area contributed by atoms with E-state index < -0.39 is 15.9 Å². The third kappa shape index (κ3) is 5.39.